The third-order valence-corrected chi connectivity index (χ3v) is 3.04. The van der Waals surface area contributed by atoms with Crippen LogP contribution < -0.4 is 10.6 Å². The van der Waals surface area contributed by atoms with Crippen LogP contribution in [0.5, 0.6) is 0 Å². The number of carbonyl (C=O) groups excluding carboxylic acids is 1. The number of alkyl carbamates (subject to hydrolysis) is 1. The van der Waals surface area contributed by atoms with Gasteiger partial charge in [-0.2, -0.15) is 0 Å². The van der Waals surface area contributed by atoms with Crippen LogP contribution in [0, 0.1) is 0 Å². The van der Waals surface area contributed by atoms with E-state index in [0.717, 1.165) is 18.5 Å². The number of ether oxygens (including phenoxy) is 1. The third-order valence-electron chi connectivity index (χ3n) is 3.04. The molecular weight excluding hydrogens is 216 g/mol. The van der Waals surface area contributed by atoms with E-state index in [-0.39, 0.29) is 12.1 Å². The van der Waals surface area contributed by atoms with Gasteiger partial charge >= 0.3 is 6.09 Å². The Morgan fingerprint density at radius 3 is 2.88 bits per heavy atom. The highest BCUT2D eigenvalue weighted by atomic mass is 16.5. The maximum absolute atomic E-state index is 11.6. The first-order valence-corrected chi connectivity index (χ1v) is 5.96. The molecular formula is C13H18N2O2. The van der Waals surface area contributed by atoms with E-state index >= 15 is 0 Å². The highest BCUT2D eigenvalue weighted by Gasteiger charge is 2.24. The molecule has 4 heteroatoms. The van der Waals surface area contributed by atoms with E-state index in [2.05, 4.69) is 17.6 Å². The lowest BCUT2D eigenvalue weighted by Gasteiger charge is -2.16. The van der Waals surface area contributed by atoms with Crippen molar-refractivity contribution in [1.82, 2.24) is 10.6 Å². The molecule has 1 saturated heterocycles. The maximum Gasteiger partial charge on any atom is 0.407 e. The van der Waals surface area contributed by atoms with Gasteiger partial charge in [-0.05, 0) is 25.5 Å². The predicted molar refractivity (Wildman–Crippen MR) is 65.6 cm³/mol. The number of benzene rings is 1. The van der Waals surface area contributed by atoms with E-state index in [4.69, 9.17) is 4.74 Å². The molecule has 2 rings (SSSR count). The number of rotatable bonds is 3. The van der Waals surface area contributed by atoms with Crippen LogP contribution in [0.2, 0.25) is 0 Å². The SMILES string of the molecule is C[C@@H]1NCC[C@@H]1NC(=O)OCc1ccccc1. The lowest BCUT2D eigenvalue weighted by atomic mass is 10.1. The number of hydrogen-bond acceptors (Lipinski definition) is 3. The molecule has 0 aromatic heterocycles. The summed E-state index contributed by atoms with van der Waals surface area (Å²) in [5.41, 5.74) is 1.00. The predicted octanol–water partition coefficient (Wildman–Crippen LogP) is 1.66. The number of hydrogen-bond donors (Lipinski definition) is 2. The molecule has 0 saturated carbocycles. The summed E-state index contributed by atoms with van der Waals surface area (Å²) in [6.45, 7) is 3.33. The van der Waals surface area contributed by atoms with Crippen LogP contribution in [0.15, 0.2) is 30.3 Å². The molecule has 0 bridgehead atoms. The second kappa shape index (κ2) is 5.68. The average molecular weight is 234 g/mol. The minimum Gasteiger partial charge on any atom is -0.445 e. The summed E-state index contributed by atoms with van der Waals surface area (Å²) in [5.74, 6) is 0. The van der Waals surface area contributed by atoms with Gasteiger partial charge in [0.2, 0.25) is 0 Å². The van der Waals surface area contributed by atoms with Gasteiger partial charge in [0, 0.05) is 12.1 Å². The van der Waals surface area contributed by atoms with E-state index in [1.165, 1.54) is 0 Å². The van der Waals surface area contributed by atoms with Crippen LogP contribution in [0.4, 0.5) is 4.79 Å². The smallest absolute Gasteiger partial charge is 0.407 e. The fourth-order valence-corrected chi connectivity index (χ4v) is 1.97. The van der Waals surface area contributed by atoms with Crippen LogP contribution in [-0.2, 0) is 11.3 Å². The molecule has 1 aromatic carbocycles. The van der Waals surface area contributed by atoms with Crippen LogP contribution in [0.25, 0.3) is 0 Å². The Hall–Kier alpha value is -1.55. The van der Waals surface area contributed by atoms with E-state index in [9.17, 15) is 4.79 Å². The summed E-state index contributed by atoms with van der Waals surface area (Å²) >= 11 is 0. The monoisotopic (exact) mass is 234 g/mol. The molecule has 2 atom stereocenters. The van der Waals surface area contributed by atoms with Crippen molar-refractivity contribution >= 4 is 6.09 Å². The van der Waals surface area contributed by atoms with Gasteiger partial charge in [-0.3, -0.25) is 0 Å². The first-order chi connectivity index (χ1) is 8.25. The van der Waals surface area contributed by atoms with Crippen molar-refractivity contribution in [3.8, 4) is 0 Å². The van der Waals surface area contributed by atoms with E-state index in [1.54, 1.807) is 0 Å². The Bertz CT molecular complexity index is 367. The molecule has 0 aliphatic carbocycles. The van der Waals surface area contributed by atoms with Crippen LogP contribution in [0.1, 0.15) is 18.9 Å². The fourth-order valence-electron chi connectivity index (χ4n) is 1.97. The topological polar surface area (TPSA) is 50.4 Å². The zero-order chi connectivity index (χ0) is 12.1. The van der Waals surface area contributed by atoms with Gasteiger partial charge in [0.1, 0.15) is 6.61 Å². The molecule has 0 radical (unpaired) electrons. The summed E-state index contributed by atoms with van der Waals surface area (Å²) in [6, 6.07) is 10.2. The number of nitrogens with one attached hydrogen (secondary N) is 2. The normalized spacial score (nSPS) is 23.4. The largest absolute Gasteiger partial charge is 0.445 e. The highest BCUT2D eigenvalue weighted by molar-refractivity contribution is 5.67. The van der Waals surface area contributed by atoms with Crippen molar-refractivity contribution in [1.29, 1.82) is 0 Å². The van der Waals surface area contributed by atoms with Gasteiger partial charge in [0.25, 0.3) is 0 Å². The quantitative estimate of drug-likeness (QED) is 0.836. The van der Waals surface area contributed by atoms with Gasteiger partial charge in [-0.25, -0.2) is 4.79 Å². The Morgan fingerprint density at radius 1 is 1.47 bits per heavy atom. The van der Waals surface area contributed by atoms with Gasteiger partial charge in [-0.15, -0.1) is 0 Å². The van der Waals surface area contributed by atoms with Crippen molar-refractivity contribution in [2.45, 2.75) is 32.0 Å². The molecule has 1 aliphatic heterocycles. The molecule has 2 N–H and O–H groups in total. The van der Waals surface area contributed by atoms with Crippen molar-refractivity contribution in [3.05, 3.63) is 35.9 Å². The van der Waals surface area contributed by atoms with E-state index < -0.39 is 0 Å². The van der Waals surface area contributed by atoms with Crippen molar-refractivity contribution in [2.24, 2.45) is 0 Å². The Morgan fingerprint density at radius 2 is 2.24 bits per heavy atom. The molecule has 0 unspecified atom stereocenters. The van der Waals surface area contributed by atoms with Gasteiger partial charge in [0.15, 0.2) is 0 Å². The number of amides is 1. The molecule has 0 spiro atoms. The summed E-state index contributed by atoms with van der Waals surface area (Å²) in [7, 11) is 0. The summed E-state index contributed by atoms with van der Waals surface area (Å²) < 4.78 is 5.16. The van der Waals surface area contributed by atoms with E-state index in [0.29, 0.717) is 12.6 Å². The Kier molecular flexibility index (Phi) is 3.98. The van der Waals surface area contributed by atoms with Crippen LogP contribution in [-0.4, -0.2) is 24.7 Å². The van der Waals surface area contributed by atoms with E-state index in [1.807, 2.05) is 30.3 Å². The maximum atomic E-state index is 11.6. The van der Waals surface area contributed by atoms with Crippen LogP contribution >= 0.6 is 0 Å². The third kappa shape index (κ3) is 3.46. The molecule has 1 amide bonds. The first-order valence-electron chi connectivity index (χ1n) is 5.96. The molecule has 17 heavy (non-hydrogen) atoms. The molecule has 1 aliphatic rings. The van der Waals surface area contributed by atoms with Crippen molar-refractivity contribution in [2.75, 3.05) is 6.54 Å². The lowest BCUT2D eigenvalue weighted by Crippen LogP contribution is -2.41. The second-order valence-corrected chi connectivity index (χ2v) is 4.34. The first kappa shape index (κ1) is 11.9. The minimum atomic E-state index is -0.339. The zero-order valence-electron chi connectivity index (χ0n) is 9.98. The second-order valence-electron chi connectivity index (χ2n) is 4.34. The van der Waals surface area contributed by atoms with Crippen molar-refractivity contribution < 1.29 is 9.53 Å². The molecule has 4 nitrogen and oxygen atoms in total. The lowest BCUT2D eigenvalue weighted by molar-refractivity contribution is 0.135. The standard InChI is InChI=1S/C13H18N2O2/c1-10-12(7-8-14-10)15-13(16)17-9-11-5-3-2-4-6-11/h2-6,10,12,14H,7-9H2,1H3,(H,15,16)/t10-,12-/m0/s1. The Labute approximate surface area is 101 Å². The molecule has 92 valence electrons. The molecule has 1 fully saturated rings. The molecule has 1 heterocycles. The fraction of sp³-hybridized carbons (Fsp3) is 0.462. The summed E-state index contributed by atoms with van der Waals surface area (Å²) in [5, 5.41) is 6.15. The van der Waals surface area contributed by atoms with Crippen molar-refractivity contribution in [3.63, 3.8) is 0 Å². The van der Waals surface area contributed by atoms with Gasteiger partial charge in [0.05, 0.1) is 0 Å². The molecule has 1 aromatic rings. The summed E-state index contributed by atoms with van der Waals surface area (Å²) in [6.07, 6.45) is 0.621. The van der Waals surface area contributed by atoms with Gasteiger partial charge in [-0.1, -0.05) is 30.3 Å². The highest BCUT2D eigenvalue weighted by Crippen LogP contribution is 2.07. The zero-order valence-corrected chi connectivity index (χ0v) is 9.98. The van der Waals surface area contributed by atoms with Crippen LogP contribution in [0.3, 0.4) is 0 Å². The average Bonchev–Trinajstić information content (AvgIpc) is 2.74. The summed E-state index contributed by atoms with van der Waals surface area (Å²) in [4.78, 5) is 11.6. The Balaban J connectivity index is 1.74. The van der Waals surface area contributed by atoms with Gasteiger partial charge < -0.3 is 15.4 Å². The minimum absolute atomic E-state index is 0.179. The number of carbonyl (C=O) groups is 1.